The van der Waals surface area contributed by atoms with E-state index in [1.807, 2.05) is 0 Å². The average Bonchev–Trinajstić information content (AvgIpc) is 3.07. The standard InChI is InChI=1S/C25H20F2N2O4/c1-32-23-13-18(6-11-22(23)33-15-17-4-9-20(27)10-5-17)12-21-24(30)29(25(31)28-21)14-16-2-7-19(26)8-3-16/h2-13H,14-15H2,1H3,(H,28,31)/b21-12+. The minimum atomic E-state index is -0.554. The van der Waals surface area contributed by atoms with Crippen LogP contribution in [0.15, 0.2) is 72.4 Å². The summed E-state index contributed by atoms with van der Waals surface area (Å²) in [7, 11) is 1.49. The molecule has 0 saturated carbocycles. The monoisotopic (exact) mass is 450 g/mol. The van der Waals surface area contributed by atoms with Gasteiger partial charge in [-0.2, -0.15) is 0 Å². The number of imide groups is 1. The summed E-state index contributed by atoms with van der Waals surface area (Å²) in [6, 6.07) is 16.1. The fourth-order valence-electron chi connectivity index (χ4n) is 3.29. The lowest BCUT2D eigenvalue weighted by Gasteiger charge is -2.12. The molecule has 3 amide bonds. The summed E-state index contributed by atoms with van der Waals surface area (Å²) >= 11 is 0. The first-order chi connectivity index (χ1) is 15.9. The molecule has 33 heavy (non-hydrogen) atoms. The molecule has 0 spiro atoms. The largest absolute Gasteiger partial charge is 0.493 e. The fraction of sp³-hybridized carbons (Fsp3) is 0.120. The zero-order valence-corrected chi connectivity index (χ0v) is 17.7. The van der Waals surface area contributed by atoms with Crippen molar-refractivity contribution in [3.63, 3.8) is 0 Å². The molecule has 0 bridgehead atoms. The Kier molecular flexibility index (Phi) is 6.35. The van der Waals surface area contributed by atoms with Crippen LogP contribution in [0.2, 0.25) is 0 Å². The molecule has 1 aliphatic rings. The van der Waals surface area contributed by atoms with Gasteiger partial charge in [0.15, 0.2) is 11.5 Å². The van der Waals surface area contributed by atoms with Gasteiger partial charge in [-0.15, -0.1) is 0 Å². The molecule has 168 valence electrons. The Morgan fingerprint density at radius 3 is 2.15 bits per heavy atom. The number of nitrogens with zero attached hydrogens (tertiary/aromatic N) is 1. The third-order valence-electron chi connectivity index (χ3n) is 5.02. The van der Waals surface area contributed by atoms with E-state index in [1.165, 1.54) is 49.6 Å². The van der Waals surface area contributed by atoms with Crippen LogP contribution in [0.5, 0.6) is 11.5 Å². The maximum absolute atomic E-state index is 13.1. The Morgan fingerprint density at radius 2 is 1.52 bits per heavy atom. The van der Waals surface area contributed by atoms with E-state index in [1.54, 1.807) is 30.3 Å². The van der Waals surface area contributed by atoms with E-state index in [0.717, 1.165) is 10.5 Å². The molecule has 0 aromatic heterocycles. The Bertz CT molecular complexity index is 1210. The van der Waals surface area contributed by atoms with Crippen LogP contribution in [0.3, 0.4) is 0 Å². The number of hydrogen-bond acceptors (Lipinski definition) is 4. The van der Waals surface area contributed by atoms with Crippen molar-refractivity contribution in [1.29, 1.82) is 0 Å². The summed E-state index contributed by atoms with van der Waals surface area (Å²) in [6.07, 6.45) is 1.54. The molecule has 1 aliphatic heterocycles. The van der Waals surface area contributed by atoms with Gasteiger partial charge in [0, 0.05) is 0 Å². The van der Waals surface area contributed by atoms with Crippen molar-refractivity contribution in [3.05, 3.63) is 101 Å². The number of ether oxygens (including phenoxy) is 2. The lowest BCUT2D eigenvalue weighted by atomic mass is 10.1. The molecule has 3 aromatic carbocycles. The third-order valence-corrected chi connectivity index (χ3v) is 5.02. The van der Waals surface area contributed by atoms with Crippen molar-refractivity contribution in [2.45, 2.75) is 13.2 Å². The molecule has 0 radical (unpaired) electrons. The predicted molar refractivity (Wildman–Crippen MR) is 117 cm³/mol. The highest BCUT2D eigenvalue weighted by molar-refractivity contribution is 6.13. The number of carbonyl (C=O) groups excluding carboxylic acids is 2. The van der Waals surface area contributed by atoms with Crippen molar-refractivity contribution in [2.24, 2.45) is 0 Å². The minimum absolute atomic E-state index is 0.0295. The Morgan fingerprint density at radius 1 is 0.879 bits per heavy atom. The van der Waals surface area contributed by atoms with Gasteiger partial charge in [-0.3, -0.25) is 9.69 Å². The number of hydrogen-bond donors (Lipinski definition) is 1. The summed E-state index contributed by atoms with van der Waals surface area (Å²) in [5.74, 6) is -0.288. The highest BCUT2D eigenvalue weighted by Gasteiger charge is 2.33. The molecule has 1 heterocycles. The molecule has 1 N–H and O–H groups in total. The molecule has 1 fully saturated rings. The highest BCUT2D eigenvalue weighted by Crippen LogP contribution is 2.30. The van der Waals surface area contributed by atoms with Crippen LogP contribution in [0.4, 0.5) is 13.6 Å². The Hall–Kier alpha value is -4.20. The molecular formula is C25H20F2N2O4. The number of benzene rings is 3. The van der Waals surface area contributed by atoms with Crippen LogP contribution in [0, 0.1) is 11.6 Å². The zero-order valence-electron chi connectivity index (χ0n) is 17.7. The maximum atomic E-state index is 13.1. The molecule has 6 nitrogen and oxygen atoms in total. The number of urea groups is 1. The molecule has 4 rings (SSSR count). The third kappa shape index (κ3) is 5.17. The average molecular weight is 450 g/mol. The summed E-state index contributed by atoms with van der Waals surface area (Å²) in [5, 5.41) is 2.56. The summed E-state index contributed by atoms with van der Waals surface area (Å²) in [5.41, 5.74) is 2.16. The van der Waals surface area contributed by atoms with Crippen LogP contribution in [-0.2, 0) is 17.9 Å². The van der Waals surface area contributed by atoms with Crippen LogP contribution in [0.1, 0.15) is 16.7 Å². The first-order valence-electron chi connectivity index (χ1n) is 10.1. The van der Waals surface area contributed by atoms with Gasteiger partial charge >= 0.3 is 6.03 Å². The van der Waals surface area contributed by atoms with E-state index in [0.29, 0.717) is 22.6 Å². The molecule has 0 atom stereocenters. The van der Waals surface area contributed by atoms with Gasteiger partial charge in [0.25, 0.3) is 5.91 Å². The van der Waals surface area contributed by atoms with Crippen molar-refractivity contribution in [3.8, 4) is 11.5 Å². The van der Waals surface area contributed by atoms with Gasteiger partial charge < -0.3 is 14.8 Å². The maximum Gasteiger partial charge on any atom is 0.329 e. The van der Waals surface area contributed by atoms with Crippen LogP contribution in [-0.4, -0.2) is 23.9 Å². The smallest absolute Gasteiger partial charge is 0.329 e. The molecule has 3 aromatic rings. The van der Waals surface area contributed by atoms with Crippen molar-refractivity contribution >= 4 is 18.0 Å². The first-order valence-corrected chi connectivity index (χ1v) is 10.1. The lowest BCUT2D eigenvalue weighted by molar-refractivity contribution is -0.123. The van der Waals surface area contributed by atoms with Gasteiger partial charge in [-0.25, -0.2) is 13.6 Å². The van der Waals surface area contributed by atoms with Gasteiger partial charge in [-0.05, 0) is 59.2 Å². The molecule has 0 aliphatic carbocycles. The van der Waals surface area contributed by atoms with Gasteiger partial charge in [0.1, 0.15) is 23.9 Å². The Labute approximate surface area is 189 Å². The second-order valence-corrected chi connectivity index (χ2v) is 7.33. The molecule has 1 saturated heterocycles. The number of carbonyl (C=O) groups is 2. The summed E-state index contributed by atoms with van der Waals surface area (Å²) in [4.78, 5) is 26.1. The van der Waals surface area contributed by atoms with Crippen LogP contribution >= 0.6 is 0 Å². The zero-order chi connectivity index (χ0) is 23.4. The predicted octanol–water partition coefficient (Wildman–Crippen LogP) is 4.65. The van der Waals surface area contributed by atoms with Crippen LogP contribution in [0.25, 0.3) is 6.08 Å². The van der Waals surface area contributed by atoms with Crippen molar-refractivity contribution in [1.82, 2.24) is 10.2 Å². The van der Waals surface area contributed by atoms with E-state index in [2.05, 4.69) is 5.32 Å². The molecular weight excluding hydrogens is 430 g/mol. The second-order valence-electron chi connectivity index (χ2n) is 7.33. The number of halogens is 2. The highest BCUT2D eigenvalue weighted by atomic mass is 19.1. The first kappa shape index (κ1) is 22.0. The number of methoxy groups -OCH3 is 1. The summed E-state index contributed by atoms with van der Waals surface area (Å²) < 4.78 is 37.3. The van der Waals surface area contributed by atoms with E-state index < -0.39 is 17.8 Å². The number of amides is 3. The van der Waals surface area contributed by atoms with E-state index in [-0.39, 0.29) is 24.7 Å². The van der Waals surface area contributed by atoms with E-state index in [9.17, 15) is 18.4 Å². The summed E-state index contributed by atoms with van der Waals surface area (Å²) in [6.45, 7) is 0.256. The topological polar surface area (TPSA) is 67.9 Å². The second kappa shape index (κ2) is 9.52. The fourth-order valence-corrected chi connectivity index (χ4v) is 3.29. The van der Waals surface area contributed by atoms with Gasteiger partial charge in [0.05, 0.1) is 13.7 Å². The SMILES string of the molecule is COc1cc(/C=C2/NC(=O)N(Cc3ccc(F)cc3)C2=O)ccc1OCc1ccc(F)cc1. The number of nitrogens with one attached hydrogen (secondary N) is 1. The quantitative estimate of drug-likeness (QED) is 0.421. The molecule has 8 heteroatoms. The normalized spacial score (nSPS) is 14.5. The van der Waals surface area contributed by atoms with Crippen LogP contribution < -0.4 is 14.8 Å². The number of rotatable bonds is 7. The Balaban J connectivity index is 1.47. The van der Waals surface area contributed by atoms with Crippen molar-refractivity contribution < 1.29 is 27.8 Å². The van der Waals surface area contributed by atoms with Crippen molar-refractivity contribution in [2.75, 3.05) is 7.11 Å². The minimum Gasteiger partial charge on any atom is -0.493 e. The van der Waals surface area contributed by atoms with E-state index in [4.69, 9.17) is 9.47 Å². The van der Waals surface area contributed by atoms with E-state index >= 15 is 0 Å². The van der Waals surface area contributed by atoms with Gasteiger partial charge in [0.2, 0.25) is 0 Å². The molecule has 0 unspecified atom stereocenters. The lowest BCUT2D eigenvalue weighted by Crippen LogP contribution is -2.30. The van der Waals surface area contributed by atoms with Gasteiger partial charge in [-0.1, -0.05) is 30.3 Å².